The molecule has 1 spiro atoms. The van der Waals surface area contributed by atoms with E-state index in [2.05, 4.69) is 5.23 Å². The Morgan fingerprint density at radius 1 is 1.33 bits per heavy atom. The highest BCUT2D eigenvalue weighted by Gasteiger charge is 2.37. The summed E-state index contributed by atoms with van der Waals surface area (Å²) in [6.07, 6.45) is 0.989. The predicted octanol–water partition coefficient (Wildman–Crippen LogP) is 0.512. The summed E-state index contributed by atoms with van der Waals surface area (Å²) in [5.41, 5.74) is 1.86. The summed E-state index contributed by atoms with van der Waals surface area (Å²) in [7, 11) is 0. The van der Waals surface area contributed by atoms with Crippen molar-refractivity contribution in [3.63, 3.8) is 0 Å². The summed E-state index contributed by atoms with van der Waals surface area (Å²) < 4.78 is 24.4. The summed E-state index contributed by atoms with van der Waals surface area (Å²) in [5, 5.41) is 3.27. The van der Waals surface area contributed by atoms with Crippen LogP contribution >= 0.6 is 0 Å². The first-order chi connectivity index (χ1) is 7.30. The zero-order chi connectivity index (χ0) is 10.3. The lowest BCUT2D eigenvalue weighted by Crippen LogP contribution is -2.65. The van der Waals surface area contributed by atoms with E-state index >= 15 is 0 Å². The van der Waals surface area contributed by atoms with Crippen LogP contribution in [-0.4, -0.2) is 19.8 Å². The molecule has 1 unspecified atom stereocenters. The second-order valence-electron chi connectivity index (χ2n) is 4.04. The Bertz CT molecular complexity index is 393. The molecule has 0 bridgehead atoms. The normalized spacial score (nSPS) is 29.4. The van der Waals surface area contributed by atoms with Gasteiger partial charge in [0, 0.05) is 13.2 Å². The average molecular weight is 208 g/mol. The van der Waals surface area contributed by atoms with Crippen LogP contribution in [-0.2, 0) is 15.9 Å². The second kappa shape index (κ2) is 3.30. The van der Waals surface area contributed by atoms with E-state index < -0.39 is 6.69 Å². The van der Waals surface area contributed by atoms with Gasteiger partial charge in [-0.2, -0.15) is 0 Å². The Kier molecular flexibility index (Phi) is 2.05. The number of halogens is 1. The zero-order valence-corrected chi connectivity index (χ0v) is 8.33. The van der Waals surface area contributed by atoms with E-state index in [-0.39, 0.29) is 5.82 Å². The highest BCUT2D eigenvalue weighted by molar-refractivity contribution is 6.80. The van der Waals surface area contributed by atoms with E-state index in [1.807, 2.05) is 0 Å². The molecule has 15 heavy (non-hydrogen) atoms. The van der Waals surface area contributed by atoms with E-state index in [1.54, 1.807) is 6.07 Å². The van der Waals surface area contributed by atoms with E-state index in [4.69, 9.17) is 9.31 Å². The zero-order valence-electron chi connectivity index (χ0n) is 8.33. The average Bonchev–Trinajstić information content (AvgIpc) is 2.58. The maximum Gasteiger partial charge on any atom is 0.345 e. The molecule has 2 aliphatic heterocycles. The smallest absolute Gasteiger partial charge is 0.345 e. The molecule has 1 N–H and O–H groups in total. The number of rotatable bonds is 0. The molecule has 0 saturated carbocycles. The molecule has 1 aromatic rings. The van der Waals surface area contributed by atoms with Gasteiger partial charge in [0.2, 0.25) is 0 Å². The third-order valence-corrected chi connectivity index (χ3v) is 3.07. The minimum absolute atomic E-state index is 0.221. The first-order valence-corrected chi connectivity index (χ1v) is 5.26. The van der Waals surface area contributed by atoms with E-state index in [0.29, 0.717) is 13.2 Å². The van der Waals surface area contributed by atoms with Crippen LogP contribution in [0.5, 0.6) is 0 Å². The lowest BCUT2D eigenvalue weighted by molar-refractivity contribution is 0.154. The Hall–Kier alpha value is -0.905. The van der Waals surface area contributed by atoms with Crippen LogP contribution in [0.3, 0.4) is 0 Å². The fourth-order valence-corrected chi connectivity index (χ4v) is 2.35. The van der Waals surface area contributed by atoms with Crippen molar-refractivity contribution in [2.24, 2.45) is 0 Å². The molecular formula is C10H12BFNO2-. The predicted molar refractivity (Wildman–Crippen MR) is 55.1 cm³/mol. The van der Waals surface area contributed by atoms with Gasteiger partial charge in [-0.25, -0.2) is 4.39 Å². The summed E-state index contributed by atoms with van der Waals surface area (Å²) in [6, 6.07) is 4.73. The Morgan fingerprint density at radius 3 is 3.07 bits per heavy atom. The third-order valence-electron chi connectivity index (χ3n) is 3.07. The molecule has 2 aliphatic rings. The molecule has 0 aromatic heterocycles. The van der Waals surface area contributed by atoms with E-state index in [1.165, 1.54) is 12.1 Å². The fourth-order valence-electron chi connectivity index (χ4n) is 2.35. The number of hydrogen-bond acceptors (Lipinski definition) is 3. The van der Waals surface area contributed by atoms with Crippen molar-refractivity contribution < 1.29 is 13.7 Å². The molecule has 5 heteroatoms. The first-order valence-electron chi connectivity index (χ1n) is 5.26. The standard InChI is InChI=1S/C10H12BFNO2/c12-9-2-3-10-8(6-9)7-15-11(10)13-4-1-5-14-11/h2-3,6,13H,1,4-5,7H2/q-1. The molecule has 1 saturated heterocycles. The van der Waals surface area contributed by atoms with Crippen molar-refractivity contribution in [2.75, 3.05) is 13.2 Å². The topological polar surface area (TPSA) is 30.5 Å². The highest BCUT2D eigenvalue weighted by atomic mass is 19.1. The maximum atomic E-state index is 13.0. The van der Waals surface area contributed by atoms with Crippen LogP contribution in [0.25, 0.3) is 0 Å². The number of benzene rings is 1. The van der Waals surface area contributed by atoms with Gasteiger partial charge < -0.3 is 14.5 Å². The van der Waals surface area contributed by atoms with Gasteiger partial charge in [-0.3, -0.25) is 0 Å². The maximum absolute atomic E-state index is 13.0. The summed E-state index contributed by atoms with van der Waals surface area (Å²) in [5.74, 6) is -0.221. The van der Waals surface area contributed by atoms with E-state index in [9.17, 15) is 4.39 Å². The minimum Gasteiger partial charge on any atom is -0.551 e. The molecule has 3 rings (SSSR count). The second-order valence-corrected chi connectivity index (χ2v) is 4.04. The molecule has 3 nitrogen and oxygen atoms in total. The van der Waals surface area contributed by atoms with Crippen LogP contribution in [0.2, 0.25) is 0 Å². The molecule has 80 valence electrons. The Morgan fingerprint density at radius 2 is 2.27 bits per heavy atom. The molecule has 2 heterocycles. The summed E-state index contributed by atoms with van der Waals surface area (Å²) in [4.78, 5) is 0. The highest BCUT2D eigenvalue weighted by Crippen LogP contribution is 2.21. The van der Waals surface area contributed by atoms with Crippen LogP contribution in [0.1, 0.15) is 12.0 Å². The van der Waals surface area contributed by atoms with E-state index in [0.717, 1.165) is 24.0 Å². The van der Waals surface area contributed by atoms with Crippen molar-refractivity contribution >= 4 is 12.1 Å². The number of nitrogens with one attached hydrogen (secondary N) is 1. The summed E-state index contributed by atoms with van der Waals surface area (Å²) >= 11 is 0. The molecule has 0 aliphatic carbocycles. The van der Waals surface area contributed by atoms with Gasteiger partial charge in [0.05, 0.1) is 0 Å². The molecule has 1 atom stereocenters. The molecule has 0 amide bonds. The Balaban J connectivity index is 2.03. The molecule has 1 fully saturated rings. The van der Waals surface area contributed by atoms with Gasteiger partial charge in [0.1, 0.15) is 5.82 Å². The van der Waals surface area contributed by atoms with Gasteiger partial charge in [-0.15, -0.1) is 5.46 Å². The fraction of sp³-hybridized carbons (Fsp3) is 0.400. The van der Waals surface area contributed by atoms with Crippen molar-refractivity contribution in [1.82, 2.24) is 5.23 Å². The van der Waals surface area contributed by atoms with Crippen molar-refractivity contribution in [1.29, 1.82) is 0 Å². The quantitative estimate of drug-likeness (QED) is 0.630. The SMILES string of the molecule is Fc1ccc2c(c1)CO[B-]21NCCCO1. The van der Waals surface area contributed by atoms with Gasteiger partial charge in [-0.05, 0) is 25.1 Å². The van der Waals surface area contributed by atoms with Gasteiger partial charge >= 0.3 is 6.69 Å². The Labute approximate surface area is 87.6 Å². The first kappa shape index (κ1) is 9.33. The van der Waals surface area contributed by atoms with Gasteiger partial charge in [0.15, 0.2) is 0 Å². The van der Waals surface area contributed by atoms with Gasteiger partial charge in [0.25, 0.3) is 0 Å². The van der Waals surface area contributed by atoms with Crippen molar-refractivity contribution in [3.05, 3.63) is 29.6 Å². The van der Waals surface area contributed by atoms with Gasteiger partial charge in [-0.1, -0.05) is 11.6 Å². The van der Waals surface area contributed by atoms with Crippen LogP contribution in [0.4, 0.5) is 4.39 Å². The van der Waals surface area contributed by atoms with Crippen LogP contribution in [0.15, 0.2) is 18.2 Å². The number of hydrogen-bond donors (Lipinski definition) is 1. The number of fused-ring (bicyclic) bond motifs is 2. The lowest BCUT2D eigenvalue weighted by Gasteiger charge is -2.42. The van der Waals surface area contributed by atoms with Crippen molar-refractivity contribution in [3.8, 4) is 0 Å². The largest absolute Gasteiger partial charge is 0.551 e. The lowest BCUT2D eigenvalue weighted by atomic mass is 9.63. The monoisotopic (exact) mass is 208 g/mol. The van der Waals surface area contributed by atoms with Crippen LogP contribution in [0, 0.1) is 5.82 Å². The molecule has 1 aromatic carbocycles. The minimum atomic E-state index is -1.52. The van der Waals surface area contributed by atoms with Crippen LogP contribution < -0.4 is 10.7 Å². The molecule has 0 radical (unpaired) electrons. The third kappa shape index (κ3) is 1.39. The summed E-state index contributed by atoms with van der Waals surface area (Å²) in [6.45, 7) is 0.494. The molecular weight excluding hydrogens is 196 g/mol. The van der Waals surface area contributed by atoms with Crippen molar-refractivity contribution in [2.45, 2.75) is 13.0 Å².